The number of methoxy groups -OCH3 is 1. The Morgan fingerprint density at radius 2 is 1.90 bits per heavy atom. The van der Waals surface area contributed by atoms with Crippen LogP contribution in [0.4, 0.5) is 17.5 Å². The topological polar surface area (TPSA) is 115 Å². The molecule has 1 fully saturated rings. The third kappa shape index (κ3) is 4.80. The summed E-state index contributed by atoms with van der Waals surface area (Å²) in [6, 6.07) is 5.75. The molecule has 1 aliphatic heterocycles. The maximum Gasteiger partial charge on any atom is 0.223 e. The second-order valence-corrected chi connectivity index (χ2v) is 7.36. The predicted octanol–water partition coefficient (Wildman–Crippen LogP) is 2.96. The molecule has 0 saturated carbocycles. The molecule has 3 aromatic rings. The van der Waals surface area contributed by atoms with E-state index in [1.54, 1.807) is 26.3 Å². The van der Waals surface area contributed by atoms with Gasteiger partial charge in [0.2, 0.25) is 11.8 Å². The number of hydrogen-bond donors (Lipinski definition) is 2. The quantitative estimate of drug-likeness (QED) is 0.637. The highest BCUT2D eigenvalue weighted by Gasteiger charge is 2.16. The molecule has 156 valence electrons. The lowest BCUT2D eigenvalue weighted by Gasteiger charge is -2.26. The summed E-state index contributed by atoms with van der Waals surface area (Å²) < 4.78 is 5.13. The molecule has 0 aromatic carbocycles. The number of rotatable bonds is 6. The summed E-state index contributed by atoms with van der Waals surface area (Å²) in [5, 5.41) is 3.31. The van der Waals surface area contributed by atoms with E-state index < -0.39 is 0 Å². The summed E-state index contributed by atoms with van der Waals surface area (Å²) in [6.07, 6.45) is 7.39. The highest BCUT2D eigenvalue weighted by molar-refractivity contribution is 5.75. The van der Waals surface area contributed by atoms with Crippen LogP contribution in [0.2, 0.25) is 0 Å². The van der Waals surface area contributed by atoms with Crippen molar-refractivity contribution in [2.24, 2.45) is 0 Å². The Bertz CT molecular complexity index is 982. The fourth-order valence-corrected chi connectivity index (χ4v) is 3.57. The Morgan fingerprint density at radius 3 is 2.60 bits per heavy atom. The van der Waals surface area contributed by atoms with Crippen LogP contribution in [0.15, 0.2) is 30.6 Å². The van der Waals surface area contributed by atoms with Crippen molar-refractivity contribution in [2.75, 3.05) is 31.2 Å². The second-order valence-electron chi connectivity index (χ2n) is 7.36. The van der Waals surface area contributed by atoms with Gasteiger partial charge >= 0.3 is 0 Å². The molecule has 9 heteroatoms. The van der Waals surface area contributed by atoms with Crippen LogP contribution in [0.25, 0.3) is 11.4 Å². The number of piperidine rings is 1. The third-order valence-electron chi connectivity index (χ3n) is 5.01. The number of hydrogen-bond acceptors (Lipinski definition) is 9. The maximum absolute atomic E-state index is 5.88. The van der Waals surface area contributed by atoms with E-state index in [9.17, 15) is 0 Å². The Balaban J connectivity index is 1.68. The number of aryl methyl sites for hydroxylation is 1. The Morgan fingerprint density at radius 1 is 1.07 bits per heavy atom. The average Bonchev–Trinajstić information content (AvgIpc) is 2.75. The summed E-state index contributed by atoms with van der Waals surface area (Å²) in [5.41, 5.74) is 8.56. The molecule has 1 saturated heterocycles. The van der Waals surface area contributed by atoms with Crippen molar-refractivity contribution in [2.45, 2.75) is 32.7 Å². The molecule has 3 aromatic heterocycles. The second kappa shape index (κ2) is 9.00. The van der Waals surface area contributed by atoms with Gasteiger partial charge in [-0.3, -0.25) is 4.90 Å². The van der Waals surface area contributed by atoms with E-state index in [1.165, 1.54) is 19.3 Å². The van der Waals surface area contributed by atoms with Crippen molar-refractivity contribution >= 4 is 17.5 Å². The molecule has 0 radical (unpaired) electrons. The average molecular weight is 406 g/mol. The van der Waals surface area contributed by atoms with Gasteiger partial charge in [0.1, 0.15) is 11.6 Å². The summed E-state index contributed by atoms with van der Waals surface area (Å²) >= 11 is 0. The fourth-order valence-electron chi connectivity index (χ4n) is 3.57. The van der Waals surface area contributed by atoms with Crippen molar-refractivity contribution < 1.29 is 4.74 Å². The molecule has 0 spiro atoms. The van der Waals surface area contributed by atoms with Gasteiger partial charge in [-0.2, -0.15) is 9.97 Å². The molecule has 0 aliphatic carbocycles. The van der Waals surface area contributed by atoms with E-state index in [2.05, 4.69) is 41.2 Å². The monoisotopic (exact) mass is 406 g/mol. The molecular weight excluding hydrogens is 380 g/mol. The molecule has 0 bridgehead atoms. The van der Waals surface area contributed by atoms with Crippen LogP contribution in [0.3, 0.4) is 0 Å². The van der Waals surface area contributed by atoms with Gasteiger partial charge in [-0.05, 0) is 50.6 Å². The first-order valence-electron chi connectivity index (χ1n) is 10.1. The zero-order valence-corrected chi connectivity index (χ0v) is 17.3. The lowest BCUT2D eigenvalue weighted by atomic mass is 10.1. The number of aromatic nitrogens is 5. The van der Waals surface area contributed by atoms with E-state index >= 15 is 0 Å². The number of ether oxygens (including phenoxy) is 1. The Labute approximate surface area is 175 Å². The minimum absolute atomic E-state index is 0.191. The predicted molar refractivity (Wildman–Crippen MR) is 115 cm³/mol. The number of nitrogens with two attached hydrogens (primary N) is 1. The third-order valence-corrected chi connectivity index (χ3v) is 5.01. The molecule has 4 rings (SSSR count). The van der Waals surface area contributed by atoms with Gasteiger partial charge in [0.15, 0.2) is 5.82 Å². The minimum Gasteiger partial charge on any atom is -0.481 e. The molecule has 30 heavy (non-hydrogen) atoms. The fraction of sp³-hybridized carbons (Fsp3) is 0.381. The van der Waals surface area contributed by atoms with Crippen LogP contribution in [0.1, 0.15) is 30.7 Å². The maximum atomic E-state index is 5.88. The van der Waals surface area contributed by atoms with Gasteiger partial charge in [-0.15, -0.1) is 0 Å². The van der Waals surface area contributed by atoms with E-state index in [0.29, 0.717) is 23.3 Å². The van der Waals surface area contributed by atoms with Crippen LogP contribution < -0.4 is 15.8 Å². The summed E-state index contributed by atoms with van der Waals surface area (Å²) in [4.78, 5) is 24.3. The van der Waals surface area contributed by atoms with Crippen molar-refractivity contribution in [1.82, 2.24) is 29.8 Å². The zero-order chi connectivity index (χ0) is 20.9. The van der Waals surface area contributed by atoms with Crippen molar-refractivity contribution in [3.05, 3.63) is 42.0 Å². The number of pyridine rings is 2. The van der Waals surface area contributed by atoms with Gasteiger partial charge in [0.25, 0.3) is 0 Å². The van der Waals surface area contributed by atoms with Gasteiger partial charge in [-0.1, -0.05) is 6.42 Å². The van der Waals surface area contributed by atoms with Gasteiger partial charge in [0, 0.05) is 18.8 Å². The first-order valence-corrected chi connectivity index (χ1v) is 10.1. The highest BCUT2D eigenvalue weighted by atomic mass is 16.5. The lowest BCUT2D eigenvalue weighted by Crippen LogP contribution is -2.29. The summed E-state index contributed by atoms with van der Waals surface area (Å²) in [7, 11) is 1.59. The van der Waals surface area contributed by atoms with Crippen LogP contribution in [-0.2, 0) is 6.54 Å². The molecular formula is C21H26N8O. The SMILES string of the molecule is COc1ccc(Nc2ncc(CN3CCCCC3)cc2-c2nc(C)nc(N)n2)cn1. The van der Waals surface area contributed by atoms with Crippen molar-refractivity contribution in [3.8, 4) is 17.3 Å². The first kappa shape index (κ1) is 20.0. The molecule has 0 unspecified atom stereocenters. The lowest BCUT2D eigenvalue weighted by molar-refractivity contribution is 0.221. The molecule has 3 N–H and O–H groups in total. The molecule has 0 atom stereocenters. The zero-order valence-electron chi connectivity index (χ0n) is 17.3. The van der Waals surface area contributed by atoms with Crippen LogP contribution in [0, 0.1) is 6.92 Å². The van der Waals surface area contributed by atoms with E-state index in [1.807, 2.05) is 12.3 Å². The van der Waals surface area contributed by atoms with Crippen LogP contribution in [-0.4, -0.2) is 50.0 Å². The highest BCUT2D eigenvalue weighted by Crippen LogP contribution is 2.28. The minimum atomic E-state index is 0.191. The van der Waals surface area contributed by atoms with E-state index in [-0.39, 0.29) is 5.95 Å². The number of likely N-dealkylation sites (tertiary alicyclic amines) is 1. The van der Waals surface area contributed by atoms with Crippen LogP contribution >= 0.6 is 0 Å². The summed E-state index contributed by atoms with van der Waals surface area (Å²) in [6.45, 7) is 4.88. The first-order chi connectivity index (χ1) is 14.6. The molecule has 4 heterocycles. The van der Waals surface area contributed by atoms with E-state index in [0.717, 1.165) is 36.4 Å². The largest absolute Gasteiger partial charge is 0.481 e. The normalized spacial score (nSPS) is 14.5. The number of nitrogens with one attached hydrogen (secondary N) is 1. The standard InChI is InChI=1S/C21H26N8O/c1-14-25-20(28-21(22)26-14)17-10-15(13-29-8-4-3-5-9-29)11-24-19(17)27-16-6-7-18(30-2)23-12-16/h6-7,10-12H,3-5,8-9,13H2,1-2H3,(H,24,27)(H2,22,25,26,28). The number of anilines is 3. The molecule has 0 amide bonds. The van der Waals surface area contributed by atoms with Gasteiger partial charge in [0.05, 0.1) is 24.6 Å². The Hall–Kier alpha value is -3.33. The van der Waals surface area contributed by atoms with Gasteiger partial charge < -0.3 is 15.8 Å². The van der Waals surface area contributed by atoms with Crippen molar-refractivity contribution in [1.29, 1.82) is 0 Å². The smallest absolute Gasteiger partial charge is 0.223 e. The molecule has 9 nitrogen and oxygen atoms in total. The summed E-state index contributed by atoms with van der Waals surface area (Å²) in [5.74, 6) is 2.43. The van der Waals surface area contributed by atoms with E-state index in [4.69, 9.17) is 10.5 Å². The Kier molecular flexibility index (Phi) is 5.99. The van der Waals surface area contributed by atoms with Crippen molar-refractivity contribution in [3.63, 3.8) is 0 Å². The molecule has 1 aliphatic rings. The number of nitrogen functional groups attached to an aromatic ring is 1. The number of nitrogens with zero attached hydrogens (tertiary/aromatic N) is 6. The van der Waals surface area contributed by atoms with Crippen LogP contribution in [0.5, 0.6) is 5.88 Å². The van der Waals surface area contributed by atoms with Gasteiger partial charge in [-0.25, -0.2) is 15.0 Å².